The van der Waals surface area contributed by atoms with Gasteiger partial charge in [0.25, 0.3) is 0 Å². The van der Waals surface area contributed by atoms with Crippen LogP contribution in [0.25, 0.3) is 0 Å². The number of aliphatic hydroxyl groups excluding tert-OH is 1. The van der Waals surface area contributed by atoms with Crippen LogP contribution in [0.15, 0.2) is 36.4 Å². The number of hydrogen-bond donors (Lipinski definition) is 1. The van der Waals surface area contributed by atoms with E-state index < -0.39 is 23.8 Å². The van der Waals surface area contributed by atoms with Gasteiger partial charge in [0.2, 0.25) is 0 Å². The molecule has 0 radical (unpaired) electrons. The molecule has 0 bridgehead atoms. The Labute approximate surface area is 144 Å². The van der Waals surface area contributed by atoms with Crippen molar-refractivity contribution in [1.82, 2.24) is 4.90 Å². The Morgan fingerprint density at radius 1 is 1.08 bits per heavy atom. The van der Waals surface area contributed by atoms with Crippen LogP contribution in [0.4, 0.5) is 13.2 Å². The third-order valence-electron chi connectivity index (χ3n) is 4.43. The molecular weight excluding hydrogens is 331 g/mol. The van der Waals surface area contributed by atoms with E-state index in [-0.39, 0.29) is 11.6 Å². The predicted octanol–water partition coefficient (Wildman–Crippen LogP) is 3.43. The fourth-order valence-corrected chi connectivity index (χ4v) is 3.11. The number of ether oxygens (including phenoxy) is 1. The molecule has 1 aliphatic heterocycles. The molecule has 1 fully saturated rings. The molecule has 6 heteroatoms. The van der Waals surface area contributed by atoms with E-state index in [0.29, 0.717) is 26.1 Å². The second-order valence-corrected chi connectivity index (χ2v) is 6.42. The molecule has 134 valence electrons. The summed E-state index contributed by atoms with van der Waals surface area (Å²) < 4.78 is 45.2. The van der Waals surface area contributed by atoms with Gasteiger partial charge in [-0.2, -0.15) is 0 Å². The van der Waals surface area contributed by atoms with Crippen LogP contribution >= 0.6 is 0 Å². The van der Waals surface area contributed by atoms with Crippen LogP contribution in [0.1, 0.15) is 17.5 Å². The molecule has 0 saturated carbocycles. The minimum atomic E-state index is -0.777. The van der Waals surface area contributed by atoms with Gasteiger partial charge in [0.1, 0.15) is 35.4 Å². The molecule has 1 saturated heterocycles. The molecule has 2 atom stereocenters. The van der Waals surface area contributed by atoms with E-state index >= 15 is 0 Å². The number of hydrogen-bond acceptors (Lipinski definition) is 3. The zero-order chi connectivity index (χ0) is 18.0. The SMILES string of the molecule is Cc1cc(F)ccc1CN1CC[C@@H](Oc2cc(F)cc(F)c2)[C@H](O)C1. The van der Waals surface area contributed by atoms with Gasteiger partial charge in [0.05, 0.1) is 0 Å². The monoisotopic (exact) mass is 351 g/mol. The van der Waals surface area contributed by atoms with Crippen molar-refractivity contribution in [3.63, 3.8) is 0 Å². The summed E-state index contributed by atoms with van der Waals surface area (Å²) >= 11 is 0. The molecule has 1 aliphatic rings. The maximum Gasteiger partial charge on any atom is 0.129 e. The quantitative estimate of drug-likeness (QED) is 0.916. The van der Waals surface area contributed by atoms with Gasteiger partial charge in [0, 0.05) is 37.8 Å². The number of likely N-dealkylation sites (tertiary alicyclic amines) is 1. The smallest absolute Gasteiger partial charge is 0.129 e. The summed E-state index contributed by atoms with van der Waals surface area (Å²) in [6.45, 7) is 3.49. The maximum atomic E-state index is 13.2. The second-order valence-electron chi connectivity index (χ2n) is 6.42. The number of β-amino-alcohol motifs (C(OH)–C–C–N with tert-alkyl or cyclic N) is 1. The molecule has 0 aromatic heterocycles. The van der Waals surface area contributed by atoms with Gasteiger partial charge < -0.3 is 9.84 Å². The Morgan fingerprint density at radius 2 is 1.80 bits per heavy atom. The van der Waals surface area contributed by atoms with Gasteiger partial charge >= 0.3 is 0 Å². The molecule has 2 aromatic rings. The van der Waals surface area contributed by atoms with E-state index in [1.165, 1.54) is 12.1 Å². The van der Waals surface area contributed by atoms with E-state index in [1.54, 1.807) is 6.07 Å². The zero-order valence-corrected chi connectivity index (χ0v) is 13.9. The summed E-state index contributed by atoms with van der Waals surface area (Å²) in [6.07, 6.45) is -0.771. The van der Waals surface area contributed by atoms with Crippen LogP contribution in [-0.2, 0) is 6.54 Å². The van der Waals surface area contributed by atoms with Crippen molar-refractivity contribution in [1.29, 1.82) is 0 Å². The highest BCUT2D eigenvalue weighted by molar-refractivity contribution is 5.27. The molecule has 25 heavy (non-hydrogen) atoms. The molecule has 3 rings (SSSR count). The Morgan fingerprint density at radius 3 is 2.44 bits per heavy atom. The van der Waals surface area contributed by atoms with Gasteiger partial charge in [-0.05, 0) is 36.6 Å². The highest BCUT2D eigenvalue weighted by Gasteiger charge is 2.29. The standard InChI is InChI=1S/C19H20F3NO2/c1-12-6-14(20)3-2-13(12)10-23-5-4-19(18(24)11-23)25-17-8-15(21)7-16(22)9-17/h2-3,6-9,18-19,24H,4-5,10-11H2,1H3/t18-,19-/m1/s1. The molecule has 3 nitrogen and oxygen atoms in total. The van der Waals surface area contributed by atoms with Crippen LogP contribution in [0.3, 0.4) is 0 Å². The van der Waals surface area contributed by atoms with Crippen LogP contribution < -0.4 is 4.74 Å². The van der Waals surface area contributed by atoms with Crippen LogP contribution in [0, 0.1) is 24.4 Å². The van der Waals surface area contributed by atoms with Crippen molar-refractivity contribution in [2.45, 2.75) is 32.1 Å². The predicted molar refractivity (Wildman–Crippen MR) is 87.8 cm³/mol. The van der Waals surface area contributed by atoms with E-state index in [2.05, 4.69) is 4.90 Å². The van der Waals surface area contributed by atoms with E-state index in [1.807, 2.05) is 6.92 Å². The fourth-order valence-electron chi connectivity index (χ4n) is 3.11. The van der Waals surface area contributed by atoms with Crippen molar-refractivity contribution in [3.05, 3.63) is 65.0 Å². The number of nitrogens with zero attached hydrogens (tertiary/aromatic N) is 1. The maximum absolute atomic E-state index is 13.2. The summed E-state index contributed by atoms with van der Waals surface area (Å²) in [4.78, 5) is 2.05. The summed E-state index contributed by atoms with van der Waals surface area (Å²) in [6, 6.07) is 7.63. The van der Waals surface area contributed by atoms with Crippen LogP contribution in [0.5, 0.6) is 5.75 Å². The van der Waals surface area contributed by atoms with Gasteiger partial charge in [-0.15, -0.1) is 0 Å². The number of rotatable bonds is 4. The summed E-state index contributed by atoms with van der Waals surface area (Å²) in [5.41, 5.74) is 1.86. The number of piperidine rings is 1. The van der Waals surface area contributed by atoms with Crippen LogP contribution in [-0.4, -0.2) is 35.3 Å². The minimum Gasteiger partial charge on any atom is -0.487 e. The lowest BCUT2D eigenvalue weighted by atomic mass is 10.0. The van der Waals surface area contributed by atoms with Crippen LogP contribution in [0.2, 0.25) is 0 Å². The lowest BCUT2D eigenvalue weighted by molar-refractivity contribution is -0.0277. The van der Waals surface area contributed by atoms with Gasteiger partial charge in [0.15, 0.2) is 0 Å². The first-order chi connectivity index (χ1) is 11.9. The molecule has 0 unspecified atom stereocenters. The first kappa shape index (κ1) is 17.8. The fraction of sp³-hybridized carbons (Fsp3) is 0.368. The molecule has 0 spiro atoms. The average molecular weight is 351 g/mol. The zero-order valence-electron chi connectivity index (χ0n) is 13.9. The highest BCUT2D eigenvalue weighted by atomic mass is 19.1. The van der Waals surface area contributed by atoms with Crippen molar-refractivity contribution >= 4 is 0 Å². The van der Waals surface area contributed by atoms with E-state index in [0.717, 1.165) is 29.3 Å². The molecule has 0 aliphatic carbocycles. The molecule has 2 aromatic carbocycles. The summed E-state index contributed by atoms with van der Waals surface area (Å²) in [5.74, 6) is -1.62. The summed E-state index contributed by atoms with van der Waals surface area (Å²) in [7, 11) is 0. The Kier molecular flexibility index (Phi) is 5.30. The first-order valence-electron chi connectivity index (χ1n) is 8.19. The Hall–Kier alpha value is -2.05. The lowest BCUT2D eigenvalue weighted by Crippen LogP contribution is -2.48. The first-order valence-corrected chi connectivity index (χ1v) is 8.19. The van der Waals surface area contributed by atoms with Crippen molar-refractivity contribution in [2.75, 3.05) is 13.1 Å². The van der Waals surface area contributed by atoms with E-state index in [9.17, 15) is 18.3 Å². The number of aryl methyl sites for hydroxylation is 1. The van der Waals surface area contributed by atoms with Gasteiger partial charge in [-0.25, -0.2) is 13.2 Å². The van der Waals surface area contributed by atoms with E-state index in [4.69, 9.17) is 4.74 Å². The average Bonchev–Trinajstić information content (AvgIpc) is 2.52. The third kappa shape index (κ3) is 4.52. The molecular formula is C19H20F3NO2. The van der Waals surface area contributed by atoms with Crippen molar-refractivity contribution < 1.29 is 23.0 Å². The second kappa shape index (κ2) is 7.45. The van der Waals surface area contributed by atoms with Crippen molar-refractivity contribution in [3.8, 4) is 5.75 Å². The Bertz CT molecular complexity index is 733. The van der Waals surface area contributed by atoms with Gasteiger partial charge in [-0.1, -0.05) is 6.07 Å². The molecule has 1 heterocycles. The number of aliphatic hydroxyl groups is 1. The topological polar surface area (TPSA) is 32.7 Å². The molecule has 1 N–H and O–H groups in total. The van der Waals surface area contributed by atoms with Crippen molar-refractivity contribution in [2.24, 2.45) is 0 Å². The van der Waals surface area contributed by atoms with Gasteiger partial charge in [-0.3, -0.25) is 4.90 Å². The lowest BCUT2D eigenvalue weighted by Gasteiger charge is -2.36. The summed E-state index contributed by atoms with van der Waals surface area (Å²) in [5, 5.41) is 10.3. The minimum absolute atomic E-state index is 0.0735. The normalized spacial score (nSPS) is 21.3. The number of benzene rings is 2. The highest BCUT2D eigenvalue weighted by Crippen LogP contribution is 2.23. The Balaban J connectivity index is 1.60. The largest absolute Gasteiger partial charge is 0.487 e. The third-order valence-corrected chi connectivity index (χ3v) is 4.43. The molecule has 0 amide bonds. The number of halogens is 3.